The molecule has 1 atom stereocenters. The van der Waals surface area contributed by atoms with Crippen LogP contribution in [-0.4, -0.2) is 59.1 Å². The molecule has 1 rings (SSSR count). The summed E-state index contributed by atoms with van der Waals surface area (Å²) in [5.41, 5.74) is 1.47. The molecule has 0 saturated heterocycles. The lowest BCUT2D eigenvalue weighted by molar-refractivity contribution is -0.132. The molecule has 0 radical (unpaired) electrons. The van der Waals surface area contributed by atoms with Crippen molar-refractivity contribution in [2.24, 2.45) is 0 Å². The maximum absolute atomic E-state index is 12.0. The molecule has 6 nitrogen and oxygen atoms in total. The van der Waals surface area contributed by atoms with E-state index >= 15 is 0 Å². The quantitative estimate of drug-likeness (QED) is 0.834. The van der Waals surface area contributed by atoms with Crippen LogP contribution < -0.4 is 0 Å². The Morgan fingerprint density at radius 3 is 2.68 bits per heavy atom. The number of aliphatic hydroxyl groups is 1. The summed E-state index contributed by atoms with van der Waals surface area (Å²) in [6.45, 7) is 4.14. The smallest absolute Gasteiger partial charge is 0.244 e. The van der Waals surface area contributed by atoms with Gasteiger partial charge >= 0.3 is 0 Å². The highest BCUT2D eigenvalue weighted by molar-refractivity contribution is 6.31. The topological polar surface area (TPSA) is 67.6 Å². The molecular formula is C12H20ClN3O3. The number of hydrogen-bond donors (Lipinski definition) is 1. The number of nitrogens with zero attached hydrogens (tertiary/aromatic N) is 3. The van der Waals surface area contributed by atoms with Gasteiger partial charge in [-0.3, -0.25) is 9.48 Å². The van der Waals surface area contributed by atoms with Crippen LogP contribution in [0.2, 0.25) is 5.02 Å². The number of aliphatic hydroxyl groups excluding tert-OH is 1. The summed E-state index contributed by atoms with van der Waals surface area (Å²) in [4.78, 5) is 13.4. The zero-order valence-electron chi connectivity index (χ0n) is 11.7. The number of aryl methyl sites for hydroxylation is 1. The summed E-state index contributed by atoms with van der Waals surface area (Å²) in [5, 5.41) is 14.4. The second kappa shape index (κ2) is 6.88. The highest BCUT2D eigenvalue weighted by atomic mass is 35.5. The Hall–Kier alpha value is -1.11. The SMILES string of the molecule is COCC(O)CN(C)C(=O)Cn1nc(C)c(Cl)c1C. The number of rotatable bonds is 6. The third-order valence-corrected chi connectivity index (χ3v) is 3.39. The average molecular weight is 290 g/mol. The summed E-state index contributed by atoms with van der Waals surface area (Å²) >= 11 is 6.02. The molecule has 1 unspecified atom stereocenters. The highest BCUT2D eigenvalue weighted by Crippen LogP contribution is 2.18. The molecule has 1 heterocycles. The van der Waals surface area contributed by atoms with E-state index in [0.29, 0.717) is 10.7 Å². The van der Waals surface area contributed by atoms with Gasteiger partial charge in [0.1, 0.15) is 6.54 Å². The van der Waals surface area contributed by atoms with E-state index in [1.807, 2.05) is 6.92 Å². The van der Waals surface area contributed by atoms with Gasteiger partial charge < -0.3 is 14.7 Å². The number of amides is 1. The first kappa shape index (κ1) is 15.9. The van der Waals surface area contributed by atoms with E-state index in [1.165, 1.54) is 12.0 Å². The van der Waals surface area contributed by atoms with E-state index in [4.69, 9.17) is 16.3 Å². The van der Waals surface area contributed by atoms with Gasteiger partial charge in [0.05, 0.1) is 29.1 Å². The molecule has 0 aliphatic heterocycles. The van der Waals surface area contributed by atoms with Crippen LogP contribution in [0.25, 0.3) is 0 Å². The second-order valence-electron chi connectivity index (χ2n) is 4.53. The minimum Gasteiger partial charge on any atom is -0.389 e. The summed E-state index contributed by atoms with van der Waals surface area (Å²) in [6.07, 6.45) is -0.692. The molecule has 0 bridgehead atoms. The molecule has 1 amide bonds. The lowest BCUT2D eigenvalue weighted by Crippen LogP contribution is -2.38. The van der Waals surface area contributed by atoms with Crippen molar-refractivity contribution in [2.45, 2.75) is 26.5 Å². The number of ether oxygens (including phenoxy) is 1. The van der Waals surface area contributed by atoms with Crippen LogP contribution in [0.4, 0.5) is 0 Å². The number of aromatic nitrogens is 2. The van der Waals surface area contributed by atoms with Crippen LogP contribution in [0.1, 0.15) is 11.4 Å². The molecule has 1 N–H and O–H groups in total. The predicted octanol–water partition coefficient (Wildman–Crippen LogP) is 0.619. The molecule has 0 saturated carbocycles. The van der Waals surface area contributed by atoms with Gasteiger partial charge in [-0.1, -0.05) is 11.6 Å². The van der Waals surface area contributed by atoms with Crippen LogP contribution in [0.5, 0.6) is 0 Å². The van der Waals surface area contributed by atoms with Crippen molar-refractivity contribution < 1.29 is 14.6 Å². The predicted molar refractivity (Wildman–Crippen MR) is 72.2 cm³/mol. The van der Waals surface area contributed by atoms with Gasteiger partial charge in [-0.05, 0) is 13.8 Å². The number of hydrogen-bond acceptors (Lipinski definition) is 4. The number of carbonyl (C=O) groups excluding carboxylic acids is 1. The van der Waals surface area contributed by atoms with Crippen LogP contribution in [0.15, 0.2) is 0 Å². The van der Waals surface area contributed by atoms with Crippen LogP contribution in [-0.2, 0) is 16.1 Å². The standard InChI is InChI=1S/C12H20ClN3O3/c1-8-12(13)9(2)16(14-8)6-11(18)15(3)5-10(17)7-19-4/h10,17H,5-7H2,1-4H3. The molecule has 1 aromatic heterocycles. The van der Waals surface area contributed by atoms with Crippen LogP contribution in [0.3, 0.4) is 0 Å². The minimum absolute atomic E-state index is 0.107. The third-order valence-electron chi connectivity index (χ3n) is 2.85. The zero-order valence-corrected chi connectivity index (χ0v) is 12.4. The Kier molecular flexibility index (Phi) is 5.78. The largest absolute Gasteiger partial charge is 0.389 e. The normalized spacial score (nSPS) is 12.5. The first-order valence-electron chi connectivity index (χ1n) is 5.97. The van der Waals surface area contributed by atoms with Crippen molar-refractivity contribution in [1.29, 1.82) is 0 Å². The van der Waals surface area contributed by atoms with E-state index in [-0.39, 0.29) is 25.6 Å². The van der Waals surface area contributed by atoms with E-state index in [1.54, 1.807) is 18.7 Å². The Labute approximate surface area is 117 Å². The fraction of sp³-hybridized carbons (Fsp3) is 0.667. The van der Waals surface area contributed by atoms with Crippen molar-refractivity contribution >= 4 is 17.5 Å². The second-order valence-corrected chi connectivity index (χ2v) is 4.90. The van der Waals surface area contributed by atoms with Crippen molar-refractivity contribution in [3.05, 3.63) is 16.4 Å². The molecule has 0 fully saturated rings. The average Bonchev–Trinajstić information content (AvgIpc) is 2.57. The van der Waals surface area contributed by atoms with Gasteiger partial charge in [0.15, 0.2) is 0 Å². The van der Waals surface area contributed by atoms with Crippen molar-refractivity contribution in [2.75, 3.05) is 27.3 Å². The monoisotopic (exact) mass is 289 g/mol. The molecule has 0 spiro atoms. The first-order valence-corrected chi connectivity index (χ1v) is 6.35. The Balaban J connectivity index is 2.61. The first-order chi connectivity index (χ1) is 8.86. The lowest BCUT2D eigenvalue weighted by Gasteiger charge is -2.20. The lowest BCUT2D eigenvalue weighted by atomic mass is 10.3. The molecule has 0 aromatic carbocycles. The van der Waals surface area contributed by atoms with E-state index in [9.17, 15) is 9.90 Å². The molecular weight excluding hydrogens is 270 g/mol. The summed E-state index contributed by atoms with van der Waals surface area (Å²) < 4.78 is 6.39. The van der Waals surface area contributed by atoms with Crippen molar-refractivity contribution in [3.8, 4) is 0 Å². The summed E-state index contributed by atoms with van der Waals surface area (Å²) in [5.74, 6) is -0.141. The molecule has 1 aromatic rings. The van der Waals surface area contributed by atoms with Gasteiger partial charge in [0, 0.05) is 20.7 Å². The number of methoxy groups -OCH3 is 1. The Morgan fingerprint density at radius 1 is 1.58 bits per heavy atom. The van der Waals surface area contributed by atoms with Crippen LogP contribution in [0, 0.1) is 13.8 Å². The van der Waals surface area contributed by atoms with E-state index in [0.717, 1.165) is 5.69 Å². The highest BCUT2D eigenvalue weighted by Gasteiger charge is 2.17. The van der Waals surface area contributed by atoms with Gasteiger partial charge in [-0.25, -0.2) is 0 Å². The molecule has 19 heavy (non-hydrogen) atoms. The maximum atomic E-state index is 12.0. The fourth-order valence-corrected chi connectivity index (χ4v) is 1.88. The number of carbonyl (C=O) groups is 1. The summed E-state index contributed by atoms with van der Waals surface area (Å²) in [7, 11) is 3.14. The minimum atomic E-state index is -0.692. The summed E-state index contributed by atoms with van der Waals surface area (Å²) in [6, 6.07) is 0. The third kappa shape index (κ3) is 4.19. The number of halogens is 1. The van der Waals surface area contributed by atoms with Gasteiger partial charge in [-0.15, -0.1) is 0 Å². The maximum Gasteiger partial charge on any atom is 0.244 e. The fourth-order valence-electron chi connectivity index (χ4n) is 1.74. The Bertz CT molecular complexity index is 448. The van der Waals surface area contributed by atoms with Gasteiger partial charge in [0.25, 0.3) is 0 Å². The van der Waals surface area contributed by atoms with Crippen molar-refractivity contribution in [1.82, 2.24) is 14.7 Å². The molecule has 7 heteroatoms. The van der Waals surface area contributed by atoms with Crippen molar-refractivity contribution in [3.63, 3.8) is 0 Å². The molecule has 0 aliphatic carbocycles. The zero-order chi connectivity index (χ0) is 14.6. The van der Waals surface area contributed by atoms with Crippen LogP contribution >= 0.6 is 11.6 Å². The molecule has 108 valence electrons. The number of likely N-dealkylation sites (N-methyl/N-ethyl adjacent to an activating group) is 1. The Morgan fingerprint density at radius 2 is 2.21 bits per heavy atom. The molecule has 0 aliphatic rings. The van der Waals surface area contributed by atoms with Gasteiger partial charge in [0.2, 0.25) is 5.91 Å². The van der Waals surface area contributed by atoms with E-state index in [2.05, 4.69) is 5.10 Å². The van der Waals surface area contributed by atoms with E-state index < -0.39 is 6.10 Å². The van der Waals surface area contributed by atoms with Gasteiger partial charge in [-0.2, -0.15) is 5.10 Å².